The number of fused-ring (bicyclic) bond motifs is 3. The lowest BCUT2D eigenvalue weighted by Crippen LogP contribution is -2.47. The largest absolute Gasteiger partial charge is 0.493 e. The summed E-state index contributed by atoms with van der Waals surface area (Å²) in [6, 6.07) is 54.2. The molecule has 3 N–H and O–H groups in total. The lowest BCUT2D eigenvalue weighted by atomic mass is 9.99. The number of anilines is 3. The van der Waals surface area contributed by atoms with Crippen molar-refractivity contribution in [3.63, 3.8) is 0 Å². The van der Waals surface area contributed by atoms with E-state index in [-0.39, 0.29) is 74.8 Å². The lowest BCUT2D eigenvalue weighted by molar-refractivity contribution is -0.125. The molecule has 736 valence electrons. The van der Waals surface area contributed by atoms with Crippen LogP contribution in [0.3, 0.4) is 0 Å². The Kier molecular flexibility index (Phi) is 33.2. The van der Waals surface area contributed by atoms with Crippen LogP contribution in [0.4, 0.5) is 17.1 Å². The number of thiophene rings is 3. The molecule has 7 aliphatic rings. The SMILES string of the molecule is COc1ccc([C@@H](CCCNC(=O)C2CCOC2)N2C(=O)c3cccc(N4CCN([C@H](C)c5ccccc5)CC4)c3C2=O)cc1OC.COc1ccc([C@@H](CCCNS(=O)(=O)c2cccs2)N2C(=O)c3cccc(N4CCN(Cc5cccnc5)CC4)c3C2=O)cc1OC.COc1ccc([C@@H](CCCNS(=O)(=O)c2cccs2)N2C(=O)c3cccc(N4CCN(Cc5ccsc5)CC4)c3C2=O)cc1OC. The molecule has 0 saturated carbocycles. The zero-order chi connectivity index (χ0) is 98.1. The van der Waals surface area contributed by atoms with Gasteiger partial charge in [0, 0.05) is 136 Å². The van der Waals surface area contributed by atoms with E-state index in [1.165, 1.54) is 40.0 Å². The van der Waals surface area contributed by atoms with E-state index in [9.17, 15) is 50.4 Å². The van der Waals surface area contributed by atoms with Gasteiger partial charge >= 0.3 is 0 Å². The molecule has 1 unspecified atom stereocenters. The number of nitrogens with one attached hydrogen (secondary N) is 3. The fraction of sp³-hybridized carbons (Fsp3) is 0.365. The standard InChI is InChI=1S/C37H44N4O6.C34H37N5O6S2.C33H36N4O6S3/c1-25(26-9-5-4-6-10-26)39-18-20-40(21-19-39)31-12-7-11-29-34(31)37(44)41(36(29)43)30(27-14-15-32(45-2)33(23-27)46-3)13-8-17-38-35(42)28-16-22-47-24-28;1-44-29-13-12-25(21-30(29)45-2)27(10-5-15-36-47(42,43)31-11-6-20-46-31)39-33(40)26-8-3-9-28(32(26)34(39)41)38-18-16-37(17-19-38)23-24-7-4-14-35-22-24;1-42-28-11-10-24(20-29(28)43-2)26(8-4-13-34-46(40,41)30-9-5-18-45-30)37-32(38)25-6-3-7-27(31(25)33(37)39)36-16-14-35(15-17-36)21-23-12-19-44-22-23/h4-7,9-12,14-15,23,25,28,30H,8,13,16-22,24H2,1-3H3,(H,38,42);3-4,6-9,11-14,20-22,27,36H,5,10,15-19,23H2,1-2H3;3,5-7,9-12,18-20,22,26,34H,4,8,13-17,21H2,1-2H3/t25-,28?,30-;27-;26-/m111/s1. The Bertz CT molecular complexity index is 6420. The summed E-state index contributed by atoms with van der Waals surface area (Å²) in [6.07, 6.45) is 6.83. The van der Waals surface area contributed by atoms with Crippen molar-refractivity contribution in [3.8, 4) is 34.5 Å². The number of carbonyl (C=O) groups is 7. The number of rotatable bonds is 38. The number of amides is 7. The molecule has 4 fully saturated rings. The monoisotopic (exact) mass is 2000 g/mol. The van der Waals surface area contributed by atoms with Crippen LogP contribution in [0.5, 0.6) is 34.5 Å². The normalized spacial score (nSPS) is 17.2. The van der Waals surface area contributed by atoms with Gasteiger partial charge in [0.05, 0.1) is 124 Å². The van der Waals surface area contributed by atoms with Crippen molar-refractivity contribution in [1.29, 1.82) is 0 Å². The molecule has 4 saturated heterocycles. The summed E-state index contributed by atoms with van der Waals surface area (Å²) in [5.74, 6) is 0.853. The van der Waals surface area contributed by atoms with Gasteiger partial charge < -0.3 is 53.2 Å². The topological polar surface area (TPSA) is 331 Å². The number of ether oxygens (including phenoxy) is 7. The quantitative estimate of drug-likeness (QED) is 0.0239. The highest BCUT2D eigenvalue weighted by Crippen LogP contribution is 2.46. The van der Waals surface area contributed by atoms with Crippen molar-refractivity contribution < 1.29 is 83.6 Å². The molecule has 36 heteroatoms. The minimum Gasteiger partial charge on any atom is -0.493 e. The summed E-state index contributed by atoms with van der Waals surface area (Å²) in [5, 5.41) is 10.7. The van der Waals surface area contributed by atoms with Gasteiger partial charge in [-0.2, -0.15) is 11.3 Å². The minimum absolute atomic E-state index is 0.0196. The van der Waals surface area contributed by atoms with Crippen molar-refractivity contribution in [1.82, 2.24) is 49.1 Å². The number of sulfonamides is 2. The third kappa shape index (κ3) is 22.6. The molecule has 4 aromatic heterocycles. The smallest absolute Gasteiger partial charge is 0.264 e. The molecule has 7 aliphatic heterocycles. The number of methoxy groups -OCH3 is 6. The van der Waals surface area contributed by atoms with Crippen molar-refractivity contribution in [2.75, 3.05) is 169 Å². The first kappa shape index (κ1) is 101. The third-order valence-corrected chi connectivity index (χ3v) is 33.2. The Hall–Kier alpha value is -12.5. The Morgan fingerprint density at radius 3 is 1.21 bits per heavy atom. The number of hydrogen-bond acceptors (Lipinski definition) is 28. The number of piperazine rings is 3. The van der Waals surface area contributed by atoms with Crippen LogP contribution in [0.25, 0.3) is 0 Å². The van der Waals surface area contributed by atoms with Crippen LogP contribution < -0.4 is 57.9 Å². The van der Waals surface area contributed by atoms with Gasteiger partial charge in [-0.15, -0.1) is 22.7 Å². The number of hydrogen-bond donors (Lipinski definition) is 3. The minimum atomic E-state index is -3.65. The zero-order valence-corrected chi connectivity index (χ0v) is 83.5. The van der Waals surface area contributed by atoms with Gasteiger partial charge in [0.2, 0.25) is 26.0 Å². The Morgan fingerprint density at radius 1 is 0.429 bits per heavy atom. The average molecular weight is 2000 g/mol. The lowest BCUT2D eigenvalue weighted by Gasteiger charge is -2.39. The van der Waals surface area contributed by atoms with E-state index in [0.717, 1.165) is 136 Å². The van der Waals surface area contributed by atoms with E-state index < -0.39 is 38.2 Å². The molecule has 0 spiro atoms. The maximum atomic E-state index is 14.4. The Labute approximate surface area is 828 Å². The summed E-state index contributed by atoms with van der Waals surface area (Å²) in [7, 11) is 1.98. The molecule has 0 bridgehead atoms. The summed E-state index contributed by atoms with van der Waals surface area (Å²) >= 11 is 3.99. The van der Waals surface area contributed by atoms with Crippen LogP contribution >= 0.6 is 34.0 Å². The first-order valence-corrected chi connectivity index (χ1v) is 52.7. The summed E-state index contributed by atoms with van der Waals surface area (Å²) < 4.78 is 94.9. The van der Waals surface area contributed by atoms with Gasteiger partial charge in [0.25, 0.3) is 35.4 Å². The van der Waals surface area contributed by atoms with E-state index in [0.29, 0.717) is 150 Å². The van der Waals surface area contributed by atoms with Crippen molar-refractivity contribution >= 4 is 112 Å². The predicted octanol–water partition coefficient (Wildman–Crippen LogP) is 14.7. The van der Waals surface area contributed by atoms with Gasteiger partial charge in [0.15, 0.2) is 34.5 Å². The second kappa shape index (κ2) is 46.3. The molecule has 11 heterocycles. The highest BCUT2D eigenvalue weighted by Gasteiger charge is 2.47. The molecule has 5 atom stereocenters. The fourth-order valence-electron chi connectivity index (χ4n) is 19.4. The molecule has 140 heavy (non-hydrogen) atoms. The fourth-order valence-corrected chi connectivity index (χ4v) is 24.2. The Balaban J connectivity index is 0.000000151. The van der Waals surface area contributed by atoms with Crippen LogP contribution in [0.2, 0.25) is 0 Å². The van der Waals surface area contributed by atoms with Crippen LogP contribution in [-0.4, -0.2) is 247 Å². The van der Waals surface area contributed by atoms with Crippen molar-refractivity contribution in [2.24, 2.45) is 5.92 Å². The van der Waals surface area contributed by atoms with Gasteiger partial charge in [0.1, 0.15) is 8.42 Å². The molecule has 7 amide bonds. The summed E-state index contributed by atoms with van der Waals surface area (Å²) in [6.45, 7) is 15.1. The maximum Gasteiger partial charge on any atom is 0.264 e. The molecular formula is C104H117N13O18S5. The first-order valence-electron chi connectivity index (χ1n) is 47.0. The van der Waals surface area contributed by atoms with Crippen LogP contribution in [-0.2, 0) is 42.7 Å². The molecule has 31 nitrogen and oxygen atoms in total. The van der Waals surface area contributed by atoms with Crippen molar-refractivity contribution in [3.05, 3.63) is 283 Å². The molecule has 0 radical (unpaired) electrons. The third-order valence-electron chi connectivity index (χ3n) is 26.8. The number of benzene rings is 7. The van der Waals surface area contributed by atoms with E-state index >= 15 is 0 Å². The number of carbonyl (C=O) groups excluding carboxylic acids is 7. The molecule has 7 aromatic carbocycles. The van der Waals surface area contributed by atoms with E-state index in [1.807, 2.05) is 79.0 Å². The van der Waals surface area contributed by atoms with Crippen molar-refractivity contribution in [2.45, 2.75) is 97.5 Å². The average Bonchev–Trinajstić information content (AvgIpc) is 1.60. The number of nitrogens with zero attached hydrogens (tertiary/aromatic N) is 10. The molecular weight excluding hydrogens is 1880 g/mol. The Morgan fingerprint density at radius 2 is 0.843 bits per heavy atom. The van der Waals surface area contributed by atoms with E-state index in [2.05, 4.69) is 103 Å². The number of pyridine rings is 1. The summed E-state index contributed by atoms with van der Waals surface area (Å²) in [4.78, 5) is 120. The zero-order valence-electron chi connectivity index (χ0n) is 79.4. The van der Waals surface area contributed by atoms with Gasteiger partial charge in [-0.3, -0.25) is 67.9 Å². The molecule has 18 rings (SSSR count). The molecule has 0 aliphatic carbocycles. The first-order chi connectivity index (χ1) is 68.0. The summed E-state index contributed by atoms with van der Waals surface area (Å²) in [5.41, 5.74) is 10.6. The highest BCUT2D eigenvalue weighted by molar-refractivity contribution is 7.91. The van der Waals surface area contributed by atoms with Gasteiger partial charge in [-0.1, -0.05) is 84.9 Å². The van der Waals surface area contributed by atoms with E-state index in [1.54, 1.807) is 130 Å². The van der Waals surface area contributed by atoms with Gasteiger partial charge in [-0.05, 0) is 204 Å². The second-order valence-corrected chi connectivity index (χ2v) is 41.7. The van der Waals surface area contributed by atoms with E-state index in [4.69, 9.17) is 33.2 Å². The maximum absolute atomic E-state index is 14.4. The molecule has 11 aromatic rings. The van der Waals surface area contributed by atoms with Gasteiger partial charge in [-0.25, -0.2) is 26.3 Å². The second-order valence-electron chi connectivity index (χ2n) is 35.0. The van der Waals surface area contributed by atoms with Crippen LogP contribution in [0.1, 0.15) is 172 Å². The van der Waals surface area contributed by atoms with Crippen LogP contribution in [0, 0.1) is 5.92 Å². The predicted molar refractivity (Wildman–Crippen MR) is 539 cm³/mol. The number of imide groups is 3. The number of aromatic nitrogens is 1. The highest BCUT2D eigenvalue weighted by atomic mass is 32.3. The van der Waals surface area contributed by atoms with Crippen LogP contribution in [0.15, 0.2) is 224 Å².